The Morgan fingerprint density at radius 3 is 2.40 bits per heavy atom. The van der Waals surface area contributed by atoms with E-state index in [0.29, 0.717) is 0 Å². The minimum atomic E-state index is 1.13. The van der Waals surface area contributed by atoms with Crippen LogP contribution < -0.4 is 4.90 Å². The van der Waals surface area contributed by atoms with Crippen LogP contribution in [0.4, 0.5) is 5.69 Å². The summed E-state index contributed by atoms with van der Waals surface area (Å²) in [5, 5.41) is 0. The van der Waals surface area contributed by atoms with Crippen LogP contribution in [-0.2, 0) is 6.42 Å². The highest BCUT2D eigenvalue weighted by molar-refractivity contribution is 5.46. The summed E-state index contributed by atoms with van der Waals surface area (Å²) in [5.41, 5.74) is 2.74. The van der Waals surface area contributed by atoms with Crippen molar-refractivity contribution in [1.82, 2.24) is 4.90 Å². The normalized spacial score (nSPS) is 16.3. The molecule has 2 aromatic carbocycles. The predicted molar refractivity (Wildman–Crippen MR) is 84.1 cm³/mol. The molecule has 0 unspecified atom stereocenters. The summed E-state index contributed by atoms with van der Waals surface area (Å²) in [6, 6.07) is 22.2. The second-order valence-corrected chi connectivity index (χ2v) is 5.33. The molecule has 1 heterocycles. The predicted octanol–water partition coefficient (Wildman–Crippen LogP) is 2.85. The topological polar surface area (TPSA) is 6.48 Å². The van der Waals surface area contributed by atoms with Gasteiger partial charge in [-0.15, -0.1) is 0 Å². The molecule has 1 fully saturated rings. The number of para-hydroxylation sites is 1. The highest BCUT2D eigenvalue weighted by Crippen LogP contribution is 2.15. The number of nitrogens with zero attached hydrogens (tertiary/aromatic N) is 2. The molecule has 0 amide bonds. The van der Waals surface area contributed by atoms with Crippen LogP contribution in [0.15, 0.2) is 54.6 Å². The summed E-state index contributed by atoms with van der Waals surface area (Å²) < 4.78 is 0. The number of rotatable bonds is 4. The van der Waals surface area contributed by atoms with E-state index in [1.165, 1.54) is 11.3 Å². The lowest BCUT2D eigenvalue weighted by molar-refractivity contribution is 0.261. The highest BCUT2D eigenvalue weighted by Gasteiger charge is 2.16. The molecule has 1 aliphatic rings. The van der Waals surface area contributed by atoms with Gasteiger partial charge in [-0.3, -0.25) is 4.90 Å². The van der Waals surface area contributed by atoms with E-state index in [1.54, 1.807) is 0 Å². The Labute approximate surface area is 121 Å². The van der Waals surface area contributed by atoms with Crippen LogP contribution in [0.3, 0.4) is 0 Å². The molecule has 103 valence electrons. The zero-order valence-electron chi connectivity index (χ0n) is 11.8. The van der Waals surface area contributed by atoms with E-state index < -0.39 is 0 Å². The molecule has 3 rings (SSSR count). The largest absolute Gasteiger partial charge is 0.369 e. The molecule has 1 radical (unpaired) electrons. The Morgan fingerprint density at radius 1 is 0.900 bits per heavy atom. The molecule has 2 heteroatoms. The van der Waals surface area contributed by atoms with Gasteiger partial charge in [0.25, 0.3) is 0 Å². The molecule has 0 saturated carbocycles. The Morgan fingerprint density at radius 2 is 1.70 bits per heavy atom. The van der Waals surface area contributed by atoms with Gasteiger partial charge in [-0.25, -0.2) is 0 Å². The Kier molecular flexibility index (Phi) is 4.34. The molecule has 1 saturated heterocycles. The Bertz CT molecular complexity index is 501. The van der Waals surface area contributed by atoms with Gasteiger partial charge in [-0.1, -0.05) is 42.5 Å². The molecule has 20 heavy (non-hydrogen) atoms. The van der Waals surface area contributed by atoms with Crippen molar-refractivity contribution in [2.24, 2.45) is 0 Å². The van der Waals surface area contributed by atoms with Crippen molar-refractivity contribution in [3.8, 4) is 0 Å². The van der Waals surface area contributed by atoms with Crippen LogP contribution in [0, 0.1) is 6.07 Å². The van der Waals surface area contributed by atoms with Crippen LogP contribution in [0.25, 0.3) is 0 Å². The molecular formula is C18H21N2. The van der Waals surface area contributed by atoms with E-state index in [2.05, 4.69) is 64.4 Å². The van der Waals surface area contributed by atoms with Crippen LogP contribution in [0.5, 0.6) is 0 Å². The summed E-state index contributed by atoms with van der Waals surface area (Å²) in [4.78, 5) is 5.04. The second-order valence-electron chi connectivity index (χ2n) is 5.33. The first-order valence-corrected chi connectivity index (χ1v) is 7.39. The smallest absolute Gasteiger partial charge is 0.0367 e. The summed E-state index contributed by atoms with van der Waals surface area (Å²) in [5.74, 6) is 0. The lowest BCUT2D eigenvalue weighted by Gasteiger charge is -2.36. The number of hydrogen-bond acceptors (Lipinski definition) is 2. The average Bonchev–Trinajstić information content (AvgIpc) is 2.55. The lowest BCUT2D eigenvalue weighted by Crippen LogP contribution is -2.46. The van der Waals surface area contributed by atoms with Crippen molar-refractivity contribution >= 4 is 5.69 Å². The minimum Gasteiger partial charge on any atom is -0.369 e. The molecule has 2 aromatic rings. The fourth-order valence-corrected chi connectivity index (χ4v) is 2.74. The van der Waals surface area contributed by atoms with Gasteiger partial charge in [-0.05, 0) is 30.2 Å². The lowest BCUT2D eigenvalue weighted by atomic mass is 10.1. The third-order valence-electron chi connectivity index (χ3n) is 3.98. The molecule has 2 nitrogen and oxygen atoms in total. The molecule has 0 atom stereocenters. The zero-order chi connectivity index (χ0) is 13.6. The molecule has 0 aliphatic carbocycles. The highest BCUT2D eigenvalue weighted by atomic mass is 15.3. The van der Waals surface area contributed by atoms with Gasteiger partial charge >= 0.3 is 0 Å². The second kappa shape index (κ2) is 6.58. The SMILES string of the molecule is [c]1cccc(CCN2CCN(c3ccccc3)CC2)c1. The summed E-state index contributed by atoms with van der Waals surface area (Å²) in [6.07, 6.45) is 1.13. The Balaban J connectivity index is 1.47. The zero-order valence-corrected chi connectivity index (χ0v) is 11.8. The van der Waals surface area contributed by atoms with Crippen LogP contribution >= 0.6 is 0 Å². The summed E-state index contributed by atoms with van der Waals surface area (Å²) in [7, 11) is 0. The average molecular weight is 265 g/mol. The third kappa shape index (κ3) is 3.40. The van der Waals surface area contributed by atoms with Gasteiger partial charge in [0.2, 0.25) is 0 Å². The molecule has 0 spiro atoms. The van der Waals surface area contributed by atoms with E-state index in [0.717, 1.165) is 39.1 Å². The number of anilines is 1. The number of benzene rings is 2. The van der Waals surface area contributed by atoms with Crippen molar-refractivity contribution in [2.75, 3.05) is 37.6 Å². The quantitative estimate of drug-likeness (QED) is 0.839. The van der Waals surface area contributed by atoms with Crippen molar-refractivity contribution in [3.05, 3.63) is 66.2 Å². The molecular weight excluding hydrogens is 244 g/mol. The molecule has 0 aromatic heterocycles. The molecule has 1 aliphatic heterocycles. The fraction of sp³-hybridized carbons (Fsp3) is 0.333. The van der Waals surface area contributed by atoms with Crippen molar-refractivity contribution in [3.63, 3.8) is 0 Å². The summed E-state index contributed by atoms with van der Waals surface area (Å²) in [6.45, 7) is 5.73. The molecule has 0 N–H and O–H groups in total. The van der Waals surface area contributed by atoms with E-state index >= 15 is 0 Å². The third-order valence-corrected chi connectivity index (χ3v) is 3.98. The van der Waals surface area contributed by atoms with E-state index in [4.69, 9.17) is 0 Å². The van der Waals surface area contributed by atoms with Crippen LogP contribution in [-0.4, -0.2) is 37.6 Å². The van der Waals surface area contributed by atoms with Gasteiger partial charge in [0, 0.05) is 38.4 Å². The maximum atomic E-state index is 3.15. The monoisotopic (exact) mass is 265 g/mol. The van der Waals surface area contributed by atoms with Crippen molar-refractivity contribution in [1.29, 1.82) is 0 Å². The van der Waals surface area contributed by atoms with Crippen LogP contribution in [0.2, 0.25) is 0 Å². The number of piperazine rings is 1. The van der Waals surface area contributed by atoms with Crippen molar-refractivity contribution in [2.45, 2.75) is 6.42 Å². The van der Waals surface area contributed by atoms with E-state index in [1.807, 2.05) is 6.07 Å². The number of hydrogen-bond donors (Lipinski definition) is 0. The standard InChI is InChI=1S/C18H21N2/c1-3-7-17(8-4-1)11-12-19-13-15-20(16-14-19)18-9-5-2-6-10-18/h1-3,5-10H,11-16H2. The fourth-order valence-electron chi connectivity index (χ4n) is 2.74. The van der Waals surface area contributed by atoms with Crippen molar-refractivity contribution < 1.29 is 0 Å². The van der Waals surface area contributed by atoms with Gasteiger partial charge in [-0.2, -0.15) is 0 Å². The Hall–Kier alpha value is -1.80. The first-order valence-electron chi connectivity index (χ1n) is 7.39. The maximum absolute atomic E-state index is 3.15. The van der Waals surface area contributed by atoms with E-state index in [-0.39, 0.29) is 0 Å². The minimum absolute atomic E-state index is 1.13. The molecule has 0 bridgehead atoms. The van der Waals surface area contributed by atoms with Gasteiger partial charge in [0.15, 0.2) is 0 Å². The van der Waals surface area contributed by atoms with Gasteiger partial charge < -0.3 is 4.90 Å². The van der Waals surface area contributed by atoms with E-state index in [9.17, 15) is 0 Å². The van der Waals surface area contributed by atoms with Gasteiger partial charge in [0.05, 0.1) is 0 Å². The first-order chi connectivity index (χ1) is 9.92. The maximum Gasteiger partial charge on any atom is 0.0367 e. The van der Waals surface area contributed by atoms with Crippen LogP contribution in [0.1, 0.15) is 5.56 Å². The summed E-state index contributed by atoms with van der Waals surface area (Å²) >= 11 is 0. The van der Waals surface area contributed by atoms with Gasteiger partial charge in [0.1, 0.15) is 0 Å². The first kappa shape index (κ1) is 13.2.